The van der Waals surface area contributed by atoms with Crippen LogP contribution in [0.1, 0.15) is 40.1 Å². The summed E-state index contributed by atoms with van der Waals surface area (Å²) in [5.74, 6) is -1.20. The average Bonchev–Trinajstić information content (AvgIpc) is 3.16. The van der Waals surface area contributed by atoms with Gasteiger partial charge in [-0.15, -0.1) is 0 Å². The Bertz CT molecular complexity index is 1290. The van der Waals surface area contributed by atoms with Gasteiger partial charge in [-0.25, -0.2) is 4.98 Å². The summed E-state index contributed by atoms with van der Waals surface area (Å²) in [6, 6.07) is 27.2. The molecule has 3 aromatic carbocycles. The van der Waals surface area contributed by atoms with Crippen molar-refractivity contribution in [3.63, 3.8) is 0 Å². The van der Waals surface area contributed by atoms with Gasteiger partial charge in [0.25, 0.3) is 5.91 Å². The molecule has 0 aliphatic rings. The summed E-state index contributed by atoms with van der Waals surface area (Å²) in [6.45, 7) is 0. The van der Waals surface area contributed by atoms with E-state index in [1.165, 1.54) is 0 Å². The number of aryl methyl sites for hydroxylation is 1. The molecule has 1 heterocycles. The van der Waals surface area contributed by atoms with Gasteiger partial charge in [-0.2, -0.15) is 5.26 Å². The van der Waals surface area contributed by atoms with Gasteiger partial charge in [0.15, 0.2) is 11.7 Å². The van der Waals surface area contributed by atoms with Gasteiger partial charge >= 0.3 is 0 Å². The Morgan fingerprint density at radius 3 is 2.25 bits per heavy atom. The Balaban J connectivity index is 1.62. The van der Waals surface area contributed by atoms with E-state index in [1.54, 1.807) is 35.9 Å². The van der Waals surface area contributed by atoms with Gasteiger partial charge in [-0.3, -0.25) is 9.59 Å². The first-order chi connectivity index (χ1) is 15.6. The molecule has 0 spiro atoms. The molecular weight excluding hydrogens is 400 g/mol. The maximum absolute atomic E-state index is 13.3. The number of hydrogen-bond donors (Lipinski definition) is 1. The Kier molecular flexibility index (Phi) is 6.09. The van der Waals surface area contributed by atoms with Crippen LogP contribution in [-0.2, 0) is 11.8 Å². The lowest BCUT2D eigenvalue weighted by atomic mass is 9.94. The molecule has 1 aromatic heterocycles. The molecule has 0 saturated heterocycles. The molecule has 0 bridgehead atoms. The first-order valence-corrected chi connectivity index (χ1v) is 10.3. The third-order valence-corrected chi connectivity index (χ3v) is 5.48. The molecule has 6 heteroatoms. The van der Waals surface area contributed by atoms with Crippen LogP contribution in [0.2, 0.25) is 0 Å². The Morgan fingerprint density at radius 1 is 0.969 bits per heavy atom. The SMILES string of the molecule is Cn1c(C(C#N)C(=O)CC(NC(=O)c2ccccc2)c2ccccc2)nc2ccccc21. The minimum atomic E-state index is -1.03. The van der Waals surface area contributed by atoms with Crippen molar-refractivity contribution in [3.8, 4) is 6.07 Å². The highest BCUT2D eigenvalue weighted by molar-refractivity contribution is 5.95. The van der Waals surface area contributed by atoms with Gasteiger partial charge in [0.2, 0.25) is 0 Å². The highest BCUT2D eigenvalue weighted by Gasteiger charge is 2.29. The van der Waals surface area contributed by atoms with E-state index >= 15 is 0 Å². The number of imidazole rings is 1. The summed E-state index contributed by atoms with van der Waals surface area (Å²) in [6.07, 6.45) is -0.0238. The number of fused-ring (bicyclic) bond motifs is 1. The predicted molar refractivity (Wildman–Crippen MR) is 122 cm³/mol. The number of nitriles is 1. The van der Waals surface area contributed by atoms with Crippen molar-refractivity contribution in [3.05, 3.63) is 102 Å². The summed E-state index contributed by atoms with van der Waals surface area (Å²) >= 11 is 0. The number of nitrogens with zero attached hydrogens (tertiary/aromatic N) is 3. The Hall–Kier alpha value is -4.24. The predicted octanol–water partition coefficient (Wildman–Crippen LogP) is 4.31. The van der Waals surface area contributed by atoms with Crippen molar-refractivity contribution in [1.29, 1.82) is 5.26 Å². The lowest BCUT2D eigenvalue weighted by Crippen LogP contribution is -2.31. The van der Waals surface area contributed by atoms with Crippen molar-refractivity contribution in [2.24, 2.45) is 7.05 Å². The van der Waals surface area contributed by atoms with Gasteiger partial charge in [0, 0.05) is 19.0 Å². The third kappa shape index (κ3) is 4.28. The molecular formula is C26H22N4O2. The van der Waals surface area contributed by atoms with Crippen LogP contribution in [0.25, 0.3) is 11.0 Å². The topological polar surface area (TPSA) is 87.8 Å². The maximum atomic E-state index is 13.3. The number of rotatable bonds is 7. The van der Waals surface area contributed by atoms with E-state index in [2.05, 4.69) is 16.4 Å². The van der Waals surface area contributed by atoms with Gasteiger partial charge in [0.1, 0.15) is 5.82 Å². The monoisotopic (exact) mass is 422 g/mol. The Labute approximate surface area is 186 Å². The van der Waals surface area contributed by atoms with Crippen LogP contribution in [0.5, 0.6) is 0 Å². The second-order valence-corrected chi connectivity index (χ2v) is 7.55. The number of carbonyl (C=O) groups excluding carboxylic acids is 2. The number of para-hydroxylation sites is 2. The van der Waals surface area contributed by atoms with Gasteiger partial charge in [-0.05, 0) is 29.8 Å². The minimum absolute atomic E-state index is 0.0238. The molecule has 158 valence electrons. The van der Waals surface area contributed by atoms with Crippen molar-refractivity contribution >= 4 is 22.7 Å². The van der Waals surface area contributed by atoms with Gasteiger partial charge < -0.3 is 9.88 Å². The fourth-order valence-corrected chi connectivity index (χ4v) is 3.78. The summed E-state index contributed by atoms with van der Waals surface area (Å²) in [5.41, 5.74) is 2.89. The molecule has 2 atom stereocenters. The molecule has 1 N–H and O–H groups in total. The molecule has 4 rings (SSSR count). The van der Waals surface area contributed by atoms with E-state index in [9.17, 15) is 14.9 Å². The molecule has 1 amide bonds. The number of nitrogens with one attached hydrogen (secondary N) is 1. The highest BCUT2D eigenvalue weighted by atomic mass is 16.2. The fourth-order valence-electron chi connectivity index (χ4n) is 3.78. The first-order valence-electron chi connectivity index (χ1n) is 10.3. The molecule has 6 nitrogen and oxygen atoms in total. The van der Waals surface area contributed by atoms with Crippen LogP contribution in [0.4, 0.5) is 0 Å². The molecule has 32 heavy (non-hydrogen) atoms. The van der Waals surface area contributed by atoms with E-state index in [0.717, 1.165) is 16.6 Å². The largest absolute Gasteiger partial charge is 0.345 e. The smallest absolute Gasteiger partial charge is 0.251 e. The lowest BCUT2D eigenvalue weighted by molar-refractivity contribution is -0.120. The molecule has 0 aliphatic heterocycles. The molecule has 0 fully saturated rings. The van der Waals surface area contributed by atoms with E-state index in [-0.39, 0.29) is 18.1 Å². The van der Waals surface area contributed by atoms with Crippen LogP contribution in [0.3, 0.4) is 0 Å². The quantitative estimate of drug-likeness (QED) is 0.481. The minimum Gasteiger partial charge on any atom is -0.345 e. The fraction of sp³-hybridized carbons (Fsp3) is 0.154. The molecule has 0 saturated carbocycles. The van der Waals surface area contributed by atoms with Crippen LogP contribution < -0.4 is 5.32 Å². The third-order valence-electron chi connectivity index (χ3n) is 5.48. The Morgan fingerprint density at radius 2 is 1.59 bits per heavy atom. The zero-order valence-corrected chi connectivity index (χ0v) is 17.6. The van der Waals surface area contributed by atoms with Crippen LogP contribution in [0, 0.1) is 11.3 Å². The van der Waals surface area contributed by atoms with Gasteiger partial charge in [0.05, 0.1) is 23.1 Å². The van der Waals surface area contributed by atoms with Gasteiger partial charge in [-0.1, -0.05) is 60.7 Å². The van der Waals surface area contributed by atoms with Crippen LogP contribution >= 0.6 is 0 Å². The standard InChI is InChI=1S/C26H22N4O2/c1-30-23-15-9-8-14-21(23)28-25(30)20(17-27)24(31)16-22(18-10-4-2-5-11-18)29-26(32)19-12-6-3-7-13-19/h2-15,20,22H,16H2,1H3,(H,29,32). The molecule has 2 unspecified atom stereocenters. The zero-order chi connectivity index (χ0) is 22.5. The van der Waals surface area contributed by atoms with E-state index in [4.69, 9.17) is 0 Å². The zero-order valence-electron chi connectivity index (χ0n) is 17.6. The van der Waals surface area contributed by atoms with Crippen molar-refractivity contribution < 1.29 is 9.59 Å². The van der Waals surface area contributed by atoms with Crippen molar-refractivity contribution in [2.75, 3.05) is 0 Å². The maximum Gasteiger partial charge on any atom is 0.251 e. The second kappa shape index (κ2) is 9.27. The van der Waals surface area contributed by atoms with E-state index < -0.39 is 12.0 Å². The van der Waals surface area contributed by atoms with E-state index in [1.807, 2.05) is 60.7 Å². The molecule has 0 radical (unpaired) electrons. The number of carbonyl (C=O) groups is 2. The number of hydrogen-bond acceptors (Lipinski definition) is 4. The van der Waals surface area contributed by atoms with E-state index in [0.29, 0.717) is 11.4 Å². The number of aromatic nitrogens is 2. The van der Waals surface area contributed by atoms with Crippen molar-refractivity contribution in [1.82, 2.24) is 14.9 Å². The second-order valence-electron chi connectivity index (χ2n) is 7.55. The summed E-state index contributed by atoms with van der Waals surface area (Å²) in [5, 5.41) is 12.8. The van der Waals surface area contributed by atoms with Crippen LogP contribution in [0.15, 0.2) is 84.9 Å². The number of Topliss-reactive ketones (excluding diaryl/α,β-unsaturated/α-hetero) is 1. The molecule has 0 aliphatic carbocycles. The number of benzene rings is 3. The van der Waals surface area contributed by atoms with Crippen LogP contribution in [-0.4, -0.2) is 21.2 Å². The summed E-state index contributed by atoms with van der Waals surface area (Å²) in [4.78, 5) is 30.6. The number of ketones is 1. The highest BCUT2D eigenvalue weighted by Crippen LogP contribution is 2.26. The first kappa shape index (κ1) is 21.0. The summed E-state index contributed by atoms with van der Waals surface area (Å²) in [7, 11) is 1.80. The average molecular weight is 422 g/mol. The number of amides is 1. The van der Waals surface area contributed by atoms with Crippen molar-refractivity contribution in [2.45, 2.75) is 18.4 Å². The lowest BCUT2D eigenvalue weighted by Gasteiger charge is -2.20. The molecule has 4 aromatic rings. The summed E-state index contributed by atoms with van der Waals surface area (Å²) < 4.78 is 1.78. The normalized spacial score (nSPS) is 12.6.